The lowest BCUT2D eigenvalue weighted by molar-refractivity contribution is 1.12. The van der Waals surface area contributed by atoms with Crippen LogP contribution in [0.2, 0.25) is 0 Å². The topological polar surface area (TPSA) is 24.7 Å². The maximum atomic E-state index is 4.25. The van der Waals surface area contributed by atoms with E-state index in [0.29, 0.717) is 5.70 Å². The molecule has 0 aliphatic rings. The first-order valence-electron chi connectivity index (χ1n) is 7.18. The summed E-state index contributed by atoms with van der Waals surface area (Å²) >= 11 is 0. The van der Waals surface area contributed by atoms with E-state index in [9.17, 15) is 0 Å². The first-order valence-corrected chi connectivity index (χ1v) is 7.18. The molecule has 0 spiro atoms. The van der Waals surface area contributed by atoms with E-state index in [2.05, 4.69) is 23.4 Å². The predicted octanol–water partition coefficient (Wildman–Crippen LogP) is 6.34. The Labute approximate surface area is 133 Å². The fourth-order valence-electron chi connectivity index (χ4n) is 1.68. The highest BCUT2D eigenvalue weighted by molar-refractivity contribution is 5.66. The van der Waals surface area contributed by atoms with Crippen molar-refractivity contribution in [2.45, 2.75) is 13.8 Å². The number of nitrogens with zero attached hydrogens (tertiary/aromatic N) is 2. The van der Waals surface area contributed by atoms with Crippen molar-refractivity contribution in [3.63, 3.8) is 0 Å². The zero-order valence-corrected chi connectivity index (χ0v) is 13.2. The molecule has 2 heteroatoms. The van der Waals surface area contributed by atoms with Crippen LogP contribution in [-0.4, -0.2) is 0 Å². The van der Waals surface area contributed by atoms with Crippen molar-refractivity contribution in [2.75, 3.05) is 0 Å². The highest BCUT2D eigenvalue weighted by Gasteiger charge is 1.96. The molecule has 112 valence electrons. The molecule has 0 unspecified atom stereocenters. The smallest absolute Gasteiger partial charge is 0.0857 e. The minimum absolute atomic E-state index is 0.702. The van der Waals surface area contributed by atoms with Crippen molar-refractivity contribution >= 4 is 12.2 Å². The Kier molecular flexibility index (Phi) is 7.91. The lowest BCUT2D eigenvalue weighted by atomic mass is 10.1. The van der Waals surface area contributed by atoms with Crippen molar-refractivity contribution in [3.8, 4) is 0 Å². The van der Waals surface area contributed by atoms with E-state index in [1.165, 1.54) is 0 Å². The predicted molar refractivity (Wildman–Crippen MR) is 97.3 cm³/mol. The van der Waals surface area contributed by atoms with Gasteiger partial charge in [0.05, 0.1) is 11.4 Å². The van der Waals surface area contributed by atoms with Gasteiger partial charge in [-0.25, -0.2) is 0 Å². The van der Waals surface area contributed by atoms with Crippen LogP contribution in [0, 0.1) is 0 Å². The third-order valence-electron chi connectivity index (χ3n) is 2.88. The second-order valence-electron chi connectivity index (χ2n) is 4.40. The van der Waals surface area contributed by atoms with Crippen LogP contribution in [0.1, 0.15) is 25.0 Å². The van der Waals surface area contributed by atoms with Crippen LogP contribution in [0.3, 0.4) is 0 Å². The Morgan fingerprint density at radius 2 is 1.64 bits per heavy atom. The molecule has 0 atom stereocenters. The van der Waals surface area contributed by atoms with E-state index in [1.807, 2.05) is 80.6 Å². The lowest BCUT2D eigenvalue weighted by Crippen LogP contribution is -1.81. The molecular formula is C20H22N2. The number of allylic oxidation sites excluding steroid dienone is 6. The number of hydrogen-bond donors (Lipinski definition) is 0. The molecule has 0 aliphatic heterocycles. The van der Waals surface area contributed by atoms with Gasteiger partial charge in [0, 0.05) is 0 Å². The van der Waals surface area contributed by atoms with Gasteiger partial charge in [-0.05, 0) is 43.2 Å². The van der Waals surface area contributed by atoms with Gasteiger partial charge in [0.1, 0.15) is 0 Å². The van der Waals surface area contributed by atoms with Gasteiger partial charge in [-0.2, -0.15) is 10.2 Å². The molecule has 0 aliphatic carbocycles. The van der Waals surface area contributed by atoms with Crippen LogP contribution in [-0.2, 0) is 0 Å². The highest BCUT2D eigenvalue weighted by Crippen LogP contribution is 2.16. The van der Waals surface area contributed by atoms with Gasteiger partial charge in [-0.3, -0.25) is 0 Å². The fourth-order valence-corrected chi connectivity index (χ4v) is 1.68. The summed E-state index contributed by atoms with van der Waals surface area (Å²) in [7, 11) is 0. The maximum Gasteiger partial charge on any atom is 0.0857 e. The summed E-state index contributed by atoms with van der Waals surface area (Å²) in [6, 6.07) is 7.98. The van der Waals surface area contributed by atoms with Gasteiger partial charge in [0.25, 0.3) is 0 Å². The SMILES string of the molecule is C=CC(=C\c1ccccc1C=C)/N=N/C(/C=C\C=C/C)=C/C. The summed E-state index contributed by atoms with van der Waals surface area (Å²) in [5.41, 5.74) is 3.59. The molecule has 0 heterocycles. The molecule has 0 saturated carbocycles. The van der Waals surface area contributed by atoms with E-state index in [4.69, 9.17) is 0 Å². The zero-order chi connectivity index (χ0) is 16.2. The Bertz CT molecular complexity index is 656. The Hall–Kier alpha value is -2.74. The Balaban J connectivity index is 3.01. The average Bonchev–Trinajstić information content (AvgIpc) is 2.57. The summed E-state index contributed by atoms with van der Waals surface area (Å²) in [4.78, 5) is 0. The maximum absolute atomic E-state index is 4.25. The molecule has 0 radical (unpaired) electrons. The van der Waals surface area contributed by atoms with E-state index in [1.54, 1.807) is 6.08 Å². The van der Waals surface area contributed by atoms with Gasteiger partial charge in [0.2, 0.25) is 0 Å². The molecule has 2 nitrogen and oxygen atoms in total. The molecule has 0 amide bonds. The number of hydrogen-bond acceptors (Lipinski definition) is 2. The van der Waals surface area contributed by atoms with Crippen LogP contribution in [0.15, 0.2) is 95.5 Å². The van der Waals surface area contributed by atoms with Crippen molar-refractivity contribution in [1.82, 2.24) is 0 Å². The molecule has 0 saturated heterocycles. The molecule has 1 aromatic rings. The third-order valence-corrected chi connectivity index (χ3v) is 2.88. The fraction of sp³-hybridized carbons (Fsp3) is 0.100. The quantitative estimate of drug-likeness (QED) is 0.413. The first kappa shape index (κ1) is 17.3. The second-order valence-corrected chi connectivity index (χ2v) is 4.40. The van der Waals surface area contributed by atoms with E-state index >= 15 is 0 Å². The minimum atomic E-state index is 0.702. The summed E-state index contributed by atoms with van der Waals surface area (Å²) in [5, 5.41) is 8.49. The van der Waals surface area contributed by atoms with Crippen molar-refractivity contribution in [2.24, 2.45) is 10.2 Å². The zero-order valence-electron chi connectivity index (χ0n) is 13.2. The largest absolute Gasteiger partial charge is 0.151 e. The van der Waals surface area contributed by atoms with Crippen LogP contribution < -0.4 is 0 Å². The number of benzene rings is 1. The van der Waals surface area contributed by atoms with E-state index in [0.717, 1.165) is 16.8 Å². The van der Waals surface area contributed by atoms with Crippen molar-refractivity contribution < 1.29 is 0 Å². The van der Waals surface area contributed by atoms with Gasteiger partial charge < -0.3 is 0 Å². The number of azo groups is 1. The van der Waals surface area contributed by atoms with E-state index < -0.39 is 0 Å². The normalized spacial score (nSPS) is 13.4. The van der Waals surface area contributed by atoms with Gasteiger partial charge in [0.15, 0.2) is 0 Å². The van der Waals surface area contributed by atoms with Gasteiger partial charge in [-0.15, -0.1) is 0 Å². The molecule has 0 N–H and O–H groups in total. The summed E-state index contributed by atoms with van der Waals surface area (Å²) in [6.45, 7) is 11.5. The van der Waals surface area contributed by atoms with Gasteiger partial charge >= 0.3 is 0 Å². The standard InChI is InChI=1S/C20H22N2/c1-5-9-10-15-19(7-3)21-22-20(8-4)16-18-14-12-11-13-17(18)6-2/h5-16H,2,4H2,1,3H3/b9-5-,15-10-,19-7+,20-16+,22-21+. The molecule has 1 aromatic carbocycles. The highest BCUT2D eigenvalue weighted by atomic mass is 15.1. The summed E-state index contributed by atoms with van der Waals surface area (Å²) in [6.07, 6.45) is 15.1. The van der Waals surface area contributed by atoms with Crippen molar-refractivity contribution in [3.05, 3.63) is 96.4 Å². The molecule has 0 aromatic heterocycles. The lowest BCUT2D eigenvalue weighted by Gasteiger charge is -2.00. The first-order chi connectivity index (χ1) is 10.7. The van der Waals surface area contributed by atoms with Crippen LogP contribution >= 0.6 is 0 Å². The molecule has 22 heavy (non-hydrogen) atoms. The van der Waals surface area contributed by atoms with E-state index in [-0.39, 0.29) is 0 Å². The summed E-state index contributed by atoms with van der Waals surface area (Å²) < 4.78 is 0. The number of rotatable bonds is 7. The van der Waals surface area contributed by atoms with Crippen LogP contribution in [0.4, 0.5) is 0 Å². The van der Waals surface area contributed by atoms with Crippen molar-refractivity contribution in [1.29, 1.82) is 0 Å². The molecular weight excluding hydrogens is 268 g/mol. The minimum Gasteiger partial charge on any atom is -0.151 e. The monoisotopic (exact) mass is 290 g/mol. The Morgan fingerprint density at radius 3 is 2.23 bits per heavy atom. The molecule has 0 fully saturated rings. The second kappa shape index (κ2) is 10.1. The third kappa shape index (κ3) is 5.71. The average molecular weight is 290 g/mol. The van der Waals surface area contributed by atoms with Crippen LogP contribution in [0.5, 0.6) is 0 Å². The summed E-state index contributed by atoms with van der Waals surface area (Å²) in [5.74, 6) is 0. The molecule has 1 rings (SSSR count). The van der Waals surface area contributed by atoms with Crippen LogP contribution in [0.25, 0.3) is 12.2 Å². The molecule has 0 bridgehead atoms. The van der Waals surface area contributed by atoms with Gasteiger partial charge in [-0.1, -0.05) is 67.8 Å². The Morgan fingerprint density at radius 1 is 0.955 bits per heavy atom.